The summed E-state index contributed by atoms with van der Waals surface area (Å²) in [5.41, 5.74) is 14.0. The predicted molar refractivity (Wildman–Crippen MR) is 191 cm³/mol. The van der Waals surface area contributed by atoms with Gasteiger partial charge in [0.15, 0.2) is 5.58 Å². The van der Waals surface area contributed by atoms with Gasteiger partial charge in [0.1, 0.15) is 5.52 Å². The third-order valence-corrected chi connectivity index (χ3v) is 8.56. The molecule has 0 amide bonds. The summed E-state index contributed by atoms with van der Waals surface area (Å²) in [6.07, 6.45) is 0. The molecule has 3 nitrogen and oxygen atoms in total. The van der Waals surface area contributed by atoms with Crippen molar-refractivity contribution in [2.75, 3.05) is 0 Å². The lowest BCUT2D eigenvalue weighted by molar-refractivity contribution is 0.620. The van der Waals surface area contributed by atoms with Gasteiger partial charge in [0.25, 0.3) is 0 Å². The minimum Gasteiger partial charge on any atom is -0.436 e. The fraction of sp³-hybridized carbons (Fsp3) is 0. The number of fused-ring (bicyclic) bond motifs is 1. The quantitative estimate of drug-likeness (QED) is 0.191. The number of nitriles is 1. The Hall–Kier alpha value is -6.50. The first-order chi connectivity index (χ1) is 23.2. The van der Waals surface area contributed by atoms with Crippen LogP contribution in [0.3, 0.4) is 0 Å². The number of rotatable bonds is 6. The average molecular weight is 601 g/mol. The molecule has 0 unspecified atom stereocenters. The van der Waals surface area contributed by atoms with E-state index in [-0.39, 0.29) is 0 Å². The zero-order valence-electron chi connectivity index (χ0n) is 25.5. The molecule has 220 valence electrons. The molecule has 0 saturated carbocycles. The Morgan fingerprint density at radius 2 is 0.894 bits per heavy atom. The fourth-order valence-electron chi connectivity index (χ4n) is 6.10. The van der Waals surface area contributed by atoms with Crippen molar-refractivity contribution >= 4 is 11.1 Å². The van der Waals surface area contributed by atoms with Crippen molar-refractivity contribution in [3.05, 3.63) is 175 Å². The van der Waals surface area contributed by atoms with Crippen molar-refractivity contribution in [3.63, 3.8) is 0 Å². The first-order valence-electron chi connectivity index (χ1n) is 15.6. The summed E-state index contributed by atoms with van der Waals surface area (Å²) in [5, 5.41) is 9.41. The van der Waals surface area contributed by atoms with Crippen molar-refractivity contribution in [2.24, 2.45) is 0 Å². The highest BCUT2D eigenvalue weighted by molar-refractivity contribution is 5.96. The molecule has 47 heavy (non-hydrogen) atoms. The van der Waals surface area contributed by atoms with Gasteiger partial charge in [0.05, 0.1) is 11.6 Å². The van der Waals surface area contributed by atoms with Gasteiger partial charge < -0.3 is 4.42 Å². The van der Waals surface area contributed by atoms with Gasteiger partial charge in [-0.05, 0) is 86.5 Å². The van der Waals surface area contributed by atoms with Crippen LogP contribution < -0.4 is 0 Å². The molecule has 0 N–H and O–H groups in total. The highest BCUT2D eigenvalue weighted by atomic mass is 16.3. The van der Waals surface area contributed by atoms with Crippen LogP contribution in [0.4, 0.5) is 0 Å². The Morgan fingerprint density at radius 1 is 0.404 bits per heavy atom. The third-order valence-electron chi connectivity index (χ3n) is 8.56. The average Bonchev–Trinajstić information content (AvgIpc) is 3.60. The van der Waals surface area contributed by atoms with Crippen molar-refractivity contribution in [1.82, 2.24) is 4.98 Å². The topological polar surface area (TPSA) is 49.8 Å². The van der Waals surface area contributed by atoms with E-state index in [0.29, 0.717) is 11.5 Å². The lowest BCUT2D eigenvalue weighted by Crippen LogP contribution is -1.86. The second kappa shape index (κ2) is 12.1. The minimum absolute atomic E-state index is 0.553. The third kappa shape index (κ3) is 5.61. The van der Waals surface area contributed by atoms with Gasteiger partial charge in [0, 0.05) is 11.1 Å². The van der Waals surface area contributed by atoms with E-state index in [9.17, 15) is 5.26 Å². The van der Waals surface area contributed by atoms with Crippen LogP contribution in [-0.2, 0) is 0 Å². The monoisotopic (exact) mass is 600 g/mol. The molecule has 8 aromatic rings. The van der Waals surface area contributed by atoms with Gasteiger partial charge in [0.2, 0.25) is 5.89 Å². The lowest BCUT2D eigenvalue weighted by Gasteiger charge is -2.09. The second-order valence-electron chi connectivity index (χ2n) is 11.5. The summed E-state index contributed by atoms with van der Waals surface area (Å²) in [6, 6.07) is 60.5. The first kappa shape index (κ1) is 28.0. The number of benzene rings is 7. The molecule has 7 aromatic carbocycles. The van der Waals surface area contributed by atoms with Crippen molar-refractivity contribution in [3.8, 4) is 73.2 Å². The maximum atomic E-state index is 9.41. The highest BCUT2D eigenvalue weighted by Crippen LogP contribution is 2.38. The molecule has 0 saturated heterocycles. The Bertz CT molecular complexity index is 2380. The zero-order chi connectivity index (χ0) is 31.6. The largest absolute Gasteiger partial charge is 0.436 e. The maximum absolute atomic E-state index is 9.41. The maximum Gasteiger partial charge on any atom is 0.227 e. The standard InChI is InChI=1S/C44H28N2O/c45-29-30-9-7-14-37(25-30)38-15-8-16-39(26-38)44-46-43-41(36-23-21-34(22-24-36)32-12-5-2-6-13-32)27-40(28-42(43)47-44)35-19-17-33(18-20-35)31-10-3-1-4-11-31/h1-28H. The van der Waals surface area contributed by atoms with Gasteiger partial charge in [-0.15, -0.1) is 0 Å². The van der Waals surface area contributed by atoms with E-state index in [1.807, 2.05) is 54.6 Å². The Morgan fingerprint density at radius 3 is 1.51 bits per heavy atom. The van der Waals surface area contributed by atoms with E-state index in [1.54, 1.807) is 0 Å². The van der Waals surface area contributed by atoms with E-state index >= 15 is 0 Å². The zero-order valence-corrected chi connectivity index (χ0v) is 25.5. The van der Waals surface area contributed by atoms with Crippen LogP contribution in [-0.4, -0.2) is 4.98 Å². The van der Waals surface area contributed by atoms with E-state index in [0.717, 1.165) is 55.6 Å². The van der Waals surface area contributed by atoms with Crippen LogP contribution in [0.5, 0.6) is 0 Å². The summed E-state index contributed by atoms with van der Waals surface area (Å²) in [5.74, 6) is 0.553. The first-order valence-corrected chi connectivity index (χ1v) is 15.6. The molecular weight excluding hydrogens is 572 g/mol. The molecule has 0 aliphatic carbocycles. The number of nitrogens with zero attached hydrogens (tertiary/aromatic N) is 2. The SMILES string of the molecule is N#Cc1cccc(-c2cccc(-c3nc4c(-c5ccc(-c6ccccc6)cc5)cc(-c5ccc(-c6ccccc6)cc5)cc4o3)c2)c1. The van der Waals surface area contributed by atoms with Crippen molar-refractivity contribution in [1.29, 1.82) is 5.26 Å². The molecule has 8 rings (SSSR count). The Balaban J connectivity index is 1.24. The lowest BCUT2D eigenvalue weighted by atomic mass is 9.95. The molecule has 0 spiro atoms. The molecule has 0 bridgehead atoms. The molecular formula is C44H28N2O. The van der Waals surface area contributed by atoms with E-state index in [4.69, 9.17) is 9.40 Å². The van der Waals surface area contributed by atoms with E-state index < -0.39 is 0 Å². The Kier molecular flexibility index (Phi) is 7.22. The summed E-state index contributed by atoms with van der Waals surface area (Å²) in [6.45, 7) is 0. The molecule has 0 aliphatic heterocycles. The van der Waals surface area contributed by atoms with Gasteiger partial charge in [-0.3, -0.25) is 0 Å². The number of aromatic nitrogens is 1. The molecule has 0 atom stereocenters. The molecule has 1 heterocycles. The van der Waals surface area contributed by atoms with Crippen LogP contribution in [0.25, 0.3) is 78.2 Å². The van der Waals surface area contributed by atoms with Crippen LogP contribution >= 0.6 is 0 Å². The van der Waals surface area contributed by atoms with Crippen LogP contribution in [0.2, 0.25) is 0 Å². The van der Waals surface area contributed by atoms with E-state index in [1.165, 1.54) is 16.7 Å². The fourth-order valence-corrected chi connectivity index (χ4v) is 6.10. The van der Waals surface area contributed by atoms with Crippen LogP contribution in [0.1, 0.15) is 5.56 Å². The highest BCUT2D eigenvalue weighted by Gasteiger charge is 2.17. The minimum atomic E-state index is 0.553. The summed E-state index contributed by atoms with van der Waals surface area (Å²) < 4.78 is 6.54. The van der Waals surface area contributed by atoms with Crippen LogP contribution in [0.15, 0.2) is 174 Å². The van der Waals surface area contributed by atoms with Crippen LogP contribution in [0, 0.1) is 11.3 Å². The number of hydrogen-bond acceptors (Lipinski definition) is 3. The summed E-state index contributed by atoms with van der Waals surface area (Å²) in [7, 11) is 0. The smallest absolute Gasteiger partial charge is 0.227 e. The Labute approximate surface area is 273 Å². The number of hydrogen-bond donors (Lipinski definition) is 0. The van der Waals surface area contributed by atoms with Crippen molar-refractivity contribution < 1.29 is 4.42 Å². The molecule has 3 heteroatoms. The molecule has 1 aromatic heterocycles. The summed E-state index contributed by atoms with van der Waals surface area (Å²) in [4.78, 5) is 5.08. The normalized spacial score (nSPS) is 11.0. The molecule has 0 aliphatic rings. The van der Waals surface area contributed by atoms with Crippen molar-refractivity contribution in [2.45, 2.75) is 0 Å². The van der Waals surface area contributed by atoms with Gasteiger partial charge >= 0.3 is 0 Å². The van der Waals surface area contributed by atoms with Gasteiger partial charge in [-0.2, -0.15) is 5.26 Å². The van der Waals surface area contributed by atoms with Gasteiger partial charge in [-0.25, -0.2) is 4.98 Å². The second-order valence-corrected chi connectivity index (χ2v) is 11.5. The molecule has 0 radical (unpaired) electrons. The number of oxazole rings is 1. The van der Waals surface area contributed by atoms with Gasteiger partial charge in [-0.1, -0.05) is 133 Å². The molecule has 0 fully saturated rings. The summed E-state index contributed by atoms with van der Waals surface area (Å²) >= 11 is 0. The predicted octanol–water partition coefficient (Wildman–Crippen LogP) is 11.7. The van der Waals surface area contributed by atoms with E-state index in [2.05, 4.69) is 121 Å².